The summed E-state index contributed by atoms with van der Waals surface area (Å²) in [7, 11) is 3.88. The van der Waals surface area contributed by atoms with Crippen molar-refractivity contribution in [1.82, 2.24) is 14.8 Å². The standard InChI is InChI=1S/C12H15N5O2S/c1-16(2)8-4-3-5-9(6-8)17-11(13)14-15-12(17)20-7-10(18)19/h3-6H,7H2,1-2H3,(H2,13,14)(H,18,19). The van der Waals surface area contributed by atoms with E-state index in [2.05, 4.69) is 10.2 Å². The molecular weight excluding hydrogens is 278 g/mol. The Morgan fingerprint density at radius 1 is 1.45 bits per heavy atom. The molecule has 1 heterocycles. The zero-order valence-electron chi connectivity index (χ0n) is 11.1. The molecule has 0 saturated heterocycles. The van der Waals surface area contributed by atoms with Gasteiger partial charge in [-0.3, -0.25) is 9.36 Å². The van der Waals surface area contributed by atoms with E-state index in [0.29, 0.717) is 5.16 Å². The van der Waals surface area contributed by atoms with Gasteiger partial charge in [-0.25, -0.2) is 0 Å². The number of aromatic nitrogens is 3. The first-order valence-corrected chi connectivity index (χ1v) is 6.81. The molecule has 2 rings (SSSR count). The molecule has 2 aromatic rings. The van der Waals surface area contributed by atoms with E-state index in [1.54, 1.807) is 4.57 Å². The van der Waals surface area contributed by atoms with Crippen molar-refractivity contribution in [2.24, 2.45) is 0 Å². The molecule has 0 amide bonds. The number of nitrogens with zero attached hydrogens (tertiary/aromatic N) is 4. The van der Waals surface area contributed by atoms with Crippen LogP contribution in [0.3, 0.4) is 0 Å². The largest absolute Gasteiger partial charge is 0.481 e. The summed E-state index contributed by atoms with van der Waals surface area (Å²) in [6, 6.07) is 7.67. The van der Waals surface area contributed by atoms with Gasteiger partial charge in [0.25, 0.3) is 0 Å². The Bertz CT molecular complexity index is 626. The van der Waals surface area contributed by atoms with Gasteiger partial charge in [-0.15, -0.1) is 10.2 Å². The quantitative estimate of drug-likeness (QED) is 0.796. The van der Waals surface area contributed by atoms with Crippen LogP contribution in [0.2, 0.25) is 0 Å². The van der Waals surface area contributed by atoms with Crippen LogP contribution in [-0.4, -0.2) is 45.7 Å². The van der Waals surface area contributed by atoms with Gasteiger partial charge in [0.2, 0.25) is 5.95 Å². The topological polar surface area (TPSA) is 97.3 Å². The summed E-state index contributed by atoms with van der Waals surface area (Å²) < 4.78 is 1.64. The Morgan fingerprint density at radius 3 is 2.85 bits per heavy atom. The number of benzene rings is 1. The third kappa shape index (κ3) is 3.02. The second-order valence-corrected chi connectivity index (χ2v) is 5.22. The van der Waals surface area contributed by atoms with Crippen LogP contribution in [0.1, 0.15) is 0 Å². The Hall–Kier alpha value is -2.22. The fraction of sp³-hybridized carbons (Fsp3) is 0.250. The molecule has 0 aliphatic heterocycles. The number of carboxylic acid groups (broad SMARTS) is 1. The number of thioether (sulfide) groups is 1. The molecule has 106 valence electrons. The highest BCUT2D eigenvalue weighted by atomic mass is 32.2. The van der Waals surface area contributed by atoms with E-state index >= 15 is 0 Å². The second kappa shape index (κ2) is 5.83. The third-order valence-corrected chi connectivity index (χ3v) is 3.50. The predicted octanol–water partition coefficient (Wildman–Crippen LogP) is 1.09. The molecule has 3 N–H and O–H groups in total. The molecule has 0 bridgehead atoms. The summed E-state index contributed by atoms with van der Waals surface area (Å²) in [6.45, 7) is 0. The lowest BCUT2D eigenvalue weighted by Crippen LogP contribution is -2.10. The number of hydrogen-bond donors (Lipinski definition) is 2. The number of anilines is 2. The molecule has 0 spiro atoms. The fourth-order valence-electron chi connectivity index (χ4n) is 1.65. The zero-order valence-corrected chi connectivity index (χ0v) is 12.0. The molecule has 0 unspecified atom stereocenters. The van der Waals surface area contributed by atoms with E-state index in [1.807, 2.05) is 43.3 Å². The molecule has 1 aromatic heterocycles. The maximum atomic E-state index is 10.7. The van der Waals surface area contributed by atoms with Crippen LogP contribution in [0.15, 0.2) is 29.4 Å². The van der Waals surface area contributed by atoms with Gasteiger partial charge >= 0.3 is 5.97 Å². The molecule has 0 aliphatic carbocycles. The van der Waals surface area contributed by atoms with Crippen molar-refractivity contribution in [3.8, 4) is 5.69 Å². The van der Waals surface area contributed by atoms with Crippen molar-refractivity contribution in [1.29, 1.82) is 0 Å². The van der Waals surface area contributed by atoms with Crippen LogP contribution in [0.5, 0.6) is 0 Å². The molecule has 0 aliphatic rings. The third-order valence-electron chi connectivity index (χ3n) is 2.59. The minimum atomic E-state index is -0.912. The maximum absolute atomic E-state index is 10.7. The number of hydrogen-bond acceptors (Lipinski definition) is 6. The van der Waals surface area contributed by atoms with Gasteiger partial charge in [-0.05, 0) is 18.2 Å². The van der Waals surface area contributed by atoms with Crippen molar-refractivity contribution in [2.75, 3.05) is 30.5 Å². The van der Waals surface area contributed by atoms with E-state index in [1.165, 1.54) is 0 Å². The highest BCUT2D eigenvalue weighted by molar-refractivity contribution is 7.99. The zero-order chi connectivity index (χ0) is 14.7. The normalized spacial score (nSPS) is 10.5. The van der Waals surface area contributed by atoms with Gasteiger partial charge in [0.1, 0.15) is 0 Å². The molecule has 1 aromatic carbocycles. The van der Waals surface area contributed by atoms with E-state index in [-0.39, 0.29) is 11.7 Å². The van der Waals surface area contributed by atoms with Gasteiger partial charge in [0, 0.05) is 19.8 Å². The second-order valence-electron chi connectivity index (χ2n) is 4.27. The number of aliphatic carboxylic acids is 1. The molecule has 0 radical (unpaired) electrons. The predicted molar refractivity (Wildman–Crippen MR) is 78.5 cm³/mol. The molecular formula is C12H15N5O2S. The Balaban J connectivity index is 2.38. The van der Waals surface area contributed by atoms with Crippen LogP contribution in [0.25, 0.3) is 5.69 Å². The average molecular weight is 293 g/mol. The first kappa shape index (κ1) is 14.2. The summed E-state index contributed by atoms with van der Waals surface area (Å²) in [5, 5.41) is 16.9. The molecule has 0 fully saturated rings. The lowest BCUT2D eigenvalue weighted by atomic mass is 10.2. The first-order valence-electron chi connectivity index (χ1n) is 5.82. The lowest BCUT2D eigenvalue weighted by molar-refractivity contribution is -0.133. The van der Waals surface area contributed by atoms with Crippen molar-refractivity contribution < 1.29 is 9.90 Å². The SMILES string of the molecule is CN(C)c1cccc(-n2c(N)nnc2SCC(=O)O)c1. The van der Waals surface area contributed by atoms with E-state index in [9.17, 15) is 4.79 Å². The molecule has 0 saturated carbocycles. The Kier molecular flexibility index (Phi) is 4.14. The molecule has 0 atom stereocenters. The number of nitrogens with two attached hydrogens (primary N) is 1. The number of rotatable bonds is 5. The highest BCUT2D eigenvalue weighted by Crippen LogP contribution is 2.25. The maximum Gasteiger partial charge on any atom is 0.313 e. The minimum absolute atomic E-state index is 0.0918. The minimum Gasteiger partial charge on any atom is -0.481 e. The summed E-state index contributed by atoms with van der Waals surface area (Å²) in [5.74, 6) is -0.773. The van der Waals surface area contributed by atoms with Crippen LogP contribution in [0.4, 0.5) is 11.6 Å². The van der Waals surface area contributed by atoms with E-state index in [0.717, 1.165) is 23.1 Å². The smallest absolute Gasteiger partial charge is 0.313 e. The van der Waals surface area contributed by atoms with Gasteiger partial charge < -0.3 is 15.7 Å². The number of carbonyl (C=O) groups is 1. The molecule has 7 nitrogen and oxygen atoms in total. The van der Waals surface area contributed by atoms with Crippen LogP contribution in [-0.2, 0) is 4.79 Å². The molecule has 20 heavy (non-hydrogen) atoms. The van der Waals surface area contributed by atoms with Crippen LogP contribution in [0, 0.1) is 0 Å². The summed E-state index contributed by atoms with van der Waals surface area (Å²) >= 11 is 1.08. The van der Waals surface area contributed by atoms with Gasteiger partial charge in [-0.2, -0.15) is 0 Å². The van der Waals surface area contributed by atoms with Crippen LogP contribution >= 0.6 is 11.8 Å². The Morgan fingerprint density at radius 2 is 2.20 bits per heavy atom. The number of nitrogen functional groups attached to an aromatic ring is 1. The van der Waals surface area contributed by atoms with Gasteiger partial charge in [0.05, 0.1) is 11.4 Å². The highest BCUT2D eigenvalue weighted by Gasteiger charge is 2.14. The molecule has 8 heteroatoms. The van der Waals surface area contributed by atoms with Crippen molar-refractivity contribution in [2.45, 2.75) is 5.16 Å². The average Bonchev–Trinajstić information content (AvgIpc) is 2.77. The van der Waals surface area contributed by atoms with Crippen LogP contribution < -0.4 is 10.6 Å². The van der Waals surface area contributed by atoms with Gasteiger partial charge in [-0.1, -0.05) is 17.8 Å². The van der Waals surface area contributed by atoms with E-state index < -0.39 is 5.97 Å². The summed E-state index contributed by atoms with van der Waals surface area (Å²) in [6.07, 6.45) is 0. The van der Waals surface area contributed by atoms with Crippen molar-refractivity contribution in [3.63, 3.8) is 0 Å². The number of carboxylic acids is 1. The van der Waals surface area contributed by atoms with Crippen molar-refractivity contribution in [3.05, 3.63) is 24.3 Å². The fourth-order valence-corrected chi connectivity index (χ4v) is 2.33. The first-order chi connectivity index (χ1) is 9.49. The van der Waals surface area contributed by atoms with Gasteiger partial charge in [0.15, 0.2) is 5.16 Å². The van der Waals surface area contributed by atoms with E-state index in [4.69, 9.17) is 10.8 Å². The monoisotopic (exact) mass is 293 g/mol. The lowest BCUT2D eigenvalue weighted by Gasteiger charge is -2.14. The summed E-state index contributed by atoms with van der Waals surface area (Å²) in [5.41, 5.74) is 7.62. The van der Waals surface area contributed by atoms with Crippen molar-refractivity contribution >= 4 is 29.4 Å². The Labute approximate surface area is 120 Å². The summed E-state index contributed by atoms with van der Waals surface area (Å²) in [4.78, 5) is 12.6.